The first kappa shape index (κ1) is 17.2. The molecular formula is C15H27N3O4. The van der Waals surface area contributed by atoms with Gasteiger partial charge in [-0.1, -0.05) is 0 Å². The maximum atomic E-state index is 12.4. The average molecular weight is 313 g/mol. The van der Waals surface area contributed by atoms with Crippen LogP contribution in [0.5, 0.6) is 0 Å². The third kappa shape index (κ3) is 4.93. The fourth-order valence-electron chi connectivity index (χ4n) is 3.23. The van der Waals surface area contributed by atoms with E-state index in [1.54, 1.807) is 7.11 Å². The smallest absolute Gasteiger partial charge is 0.223 e. The van der Waals surface area contributed by atoms with Crippen LogP contribution in [0, 0.1) is 5.92 Å². The van der Waals surface area contributed by atoms with Gasteiger partial charge in [0.1, 0.15) is 0 Å². The highest BCUT2D eigenvalue weighted by molar-refractivity contribution is 5.76. The molecule has 0 radical (unpaired) electrons. The van der Waals surface area contributed by atoms with Gasteiger partial charge in [-0.25, -0.2) is 0 Å². The van der Waals surface area contributed by atoms with Crippen molar-refractivity contribution in [2.45, 2.75) is 25.4 Å². The Hall–Kier alpha value is -1.18. The van der Waals surface area contributed by atoms with Crippen LogP contribution < -0.4 is 5.73 Å². The molecule has 2 rings (SSSR count). The van der Waals surface area contributed by atoms with Gasteiger partial charge in [-0.15, -0.1) is 0 Å². The van der Waals surface area contributed by atoms with E-state index in [-0.39, 0.29) is 23.8 Å². The van der Waals surface area contributed by atoms with Gasteiger partial charge in [0.25, 0.3) is 0 Å². The zero-order valence-electron chi connectivity index (χ0n) is 13.3. The number of ether oxygens (including phenoxy) is 2. The number of amides is 2. The maximum absolute atomic E-state index is 12.4. The van der Waals surface area contributed by atoms with Crippen molar-refractivity contribution in [1.29, 1.82) is 0 Å². The van der Waals surface area contributed by atoms with E-state index in [4.69, 9.17) is 15.2 Å². The number of morpholine rings is 1. The van der Waals surface area contributed by atoms with E-state index in [9.17, 15) is 9.59 Å². The summed E-state index contributed by atoms with van der Waals surface area (Å²) in [6.07, 6.45) is 1.85. The zero-order valence-corrected chi connectivity index (χ0v) is 13.3. The van der Waals surface area contributed by atoms with Crippen LogP contribution in [0.4, 0.5) is 0 Å². The van der Waals surface area contributed by atoms with Gasteiger partial charge in [0.15, 0.2) is 0 Å². The predicted molar refractivity (Wildman–Crippen MR) is 81.2 cm³/mol. The minimum Gasteiger partial charge on any atom is -0.381 e. The molecule has 0 aromatic heterocycles. The number of nitrogens with two attached hydrogens (primary N) is 1. The van der Waals surface area contributed by atoms with Crippen LogP contribution in [0.15, 0.2) is 0 Å². The van der Waals surface area contributed by atoms with Gasteiger partial charge in [-0.2, -0.15) is 0 Å². The number of hydrogen-bond donors (Lipinski definition) is 1. The highest BCUT2D eigenvalue weighted by atomic mass is 16.5. The number of likely N-dealkylation sites (tertiary alicyclic amines) is 1. The molecule has 0 aromatic rings. The summed E-state index contributed by atoms with van der Waals surface area (Å²) in [7, 11) is 1.70. The first-order valence-corrected chi connectivity index (χ1v) is 7.99. The standard InChI is InChI=1S/C15H27N3O4/c1-21-13-2-4-17(5-3-14(16)19)11-12(13)10-15(20)18-6-8-22-9-7-18/h12-13H,2-11H2,1H3,(H2,16,19)/t12-,13-/m1/s1. The third-order valence-electron chi connectivity index (χ3n) is 4.53. The minimum atomic E-state index is -0.283. The first-order chi connectivity index (χ1) is 10.6. The summed E-state index contributed by atoms with van der Waals surface area (Å²) in [6, 6.07) is 0. The Kier molecular flexibility index (Phi) is 6.60. The van der Waals surface area contributed by atoms with Gasteiger partial charge in [-0.3, -0.25) is 9.59 Å². The number of methoxy groups -OCH3 is 1. The summed E-state index contributed by atoms with van der Waals surface area (Å²) in [6.45, 7) is 4.91. The molecule has 2 fully saturated rings. The molecule has 7 nitrogen and oxygen atoms in total. The summed E-state index contributed by atoms with van der Waals surface area (Å²) in [5.41, 5.74) is 5.21. The zero-order chi connectivity index (χ0) is 15.9. The lowest BCUT2D eigenvalue weighted by atomic mass is 9.90. The molecule has 0 bridgehead atoms. The number of piperidine rings is 1. The summed E-state index contributed by atoms with van der Waals surface area (Å²) in [5, 5.41) is 0. The number of carbonyl (C=O) groups is 2. The lowest BCUT2D eigenvalue weighted by molar-refractivity contribution is -0.138. The number of rotatable bonds is 6. The topological polar surface area (TPSA) is 85.1 Å². The van der Waals surface area contributed by atoms with Gasteiger partial charge in [0.05, 0.1) is 19.3 Å². The third-order valence-corrected chi connectivity index (χ3v) is 4.53. The molecule has 2 saturated heterocycles. The van der Waals surface area contributed by atoms with Crippen molar-refractivity contribution >= 4 is 11.8 Å². The lowest BCUT2D eigenvalue weighted by Gasteiger charge is -2.38. The molecule has 2 amide bonds. The molecule has 0 aliphatic carbocycles. The largest absolute Gasteiger partial charge is 0.381 e. The molecule has 2 atom stereocenters. The molecule has 2 aliphatic rings. The SMILES string of the molecule is CO[C@@H]1CCN(CCC(N)=O)C[C@H]1CC(=O)N1CCOCC1. The fraction of sp³-hybridized carbons (Fsp3) is 0.867. The lowest BCUT2D eigenvalue weighted by Crippen LogP contribution is -2.48. The van der Waals surface area contributed by atoms with Gasteiger partial charge in [-0.05, 0) is 6.42 Å². The molecule has 0 saturated carbocycles. The van der Waals surface area contributed by atoms with E-state index in [1.807, 2.05) is 4.90 Å². The molecular weight excluding hydrogens is 286 g/mol. The highest BCUT2D eigenvalue weighted by Gasteiger charge is 2.32. The number of hydrogen-bond acceptors (Lipinski definition) is 5. The van der Waals surface area contributed by atoms with Crippen LogP contribution in [0.1, 0.15) is 19.3 Å². The quantitative estimate of drug-likeness (QED) is 0.711. The second kappa shape index (κ2) is 8.45. The van der Waals surface area contributed by atoms with Crippen LogP contribution in [-0.2, 0) is 19.1 Å². The molecule has 0 spiro atoms. The Bertz CT molecular complexity index is 385. The summed E-state index contributed by atoms with van der Waals surface area (Å²) in [5.74, 6) is 0.0591. The van der Waals surface area contributed by atoms with E-state index in [2.05, 4.69) is 4.90 Å². The predicted octanol–water partition coefficient (Wildman–Crippen LogP) is -0.552. The van der Waals surface area contributed by atoms with Gasteiger partial charge < -0.3 is 25.0 Å². The average Bonchev–Trinajstić information content (AvgIpc) is 2.54. The monoisotopic (exact) mass is 313 g/mol. The van der Waals surface area contributed by atoms with Crippen LogP contribution in [0.25, 0.3) is 0 Å². The Morgan fingerprint density at radius 1 is 1.27 bits per heavy atom. The number of carbonyl (C=O) groups excluding carboxylic acids is 2. The van der Waals surface area contributed by atoms with Crippen molar-refractivity contribution < 1.29 is 19.1 Å². The van der Waals surface area contributed by atoms with E-state index in [0.717, 1.165) is 19.5 Å². The molecule has 7 heteroatoms. The van der Waals surface area contributed by atoms with Crippen molar-refractivity contribution in [2.75, 3.05) is 53.0 Å². The molecule has 2 heterocycles. The van der Waals surface area contributed by atoms with Crippen LogP contribution >= 0.6 is 0 Å². The van der Waals surface area contributed by atoms with Crippen molar-refractivity contribution in [3.63, 3.8) is 0 Å². The Morgan fingerprint density at radius 3 is 2.64 bits per heavy atom. The summed E-state index contributed by atoms with van der Waals surface area (Å²) >= 11 is 0. The molecule has 22 heavy (non-hydrogen) atoms. The Labute approximate surface area is 131 Å². The van der Waals surface area contributed by atoms with Gasteiger partial charge >= 0.3 is 0 Å². The number of primary amides is 1. The second-order valence-electron chi connectivity index (χ2n) is 6.04. The normalized spacial score (nSPS) is 26.9. The van der Waals surface area contributed by atoms with Crippen LogP contribution in [0.3, 0.4) is 0 Å². The van der Waals surface area contributed by atoms with Gasteiger partial charge in [0, 0.05) is 58.6 Å². The Balaban J connectivity index is 1.86. The van der Waals surface area contributed by atoms with Crippen molar-refractivity contribution in [1.82, 2.24) is 9.80 Å². The molecule has 0 aromatic carbocycles. The molecule has 2 N–H and O–H groups in total. The van der Waals surface area contributed by atoms with E-state index in [1.165, 1.54) is 0 Å². The van der Waals surface area contributed by atoms with Crippen molar-refractivity contribution in [2.24, 2.45) is 11.7 Å². The summed E-state index contributed by atoms with van der Waals surface area (Å²) < 4.78 is 10.8. The van der Waals surface area contributed by atoms with Crippen LogP contribution in [0.2, 0.25) is 0 Å². The molecule has 2 aliphatic heterocycles. The maximum Gasteiger partial charge on any atom is 0.223 e. The van der Waals surface area contributed by atoms with Crippen molar-refractivity contribution in [3.8, 4) is 0 Å². The molecule has 0 unspecified atom stereocenters. The van der Waals surface area contributed by atoms with Crippen molar-refractivity contribution in [3.05, 3.63) is 0 Å². The number of nitrogens with zero attached hydrogens (tertiary/aromatic N) is 2. The Morgan fingerprint density at radius 2 is 2.00 bits per heavy atom. The van der Waals surface area contributed by atoms with E-state index in [0.29, 0.717) is 45.7 Å². The minimum absolute atomic E-state index is 0.106. The summed E-state index contributed by atoms with van der Waals surface area (Å²) in [4.78, 5) is 27.4. The van der Waals surface area contributed by atoms with Gasteiger partial charge in [0.2, 0.25) is 11.8 Å². The first-order valence-electron chi connectivity index (χ1n) is 7.99. The highest BCUT2D eigenvalue weighted by Crippen LogP contribution is 2.24. The van der Waals surface area contributed by atoms with E-state index < -0.39 is 0 Å². The van der Waals surface area contributed by atoms with Crippen LogP contribution in [-0.4, -0.2) is 80.8 Å². The van der Waals surface area contributed by atoms with E-state index >= 15 is 0 Å². The molecule has 126 valence electrons. The second-order valence-corrected chi connectivity index (χ2v) is 6.04. The fourth-order valence-corrected chi connectivity index (χ4v) is 3.23.